The summed E-state index contributed by atoms with van der Waals surface area (Å²) in [6.45, 7) is 3.91. The van der Waals surface area contributed by atoms with Crippen LogP contribution in [-0.4, -0.2) is 16.0 Å². The fourth-order valence-corrected chi connectivity index (χ4v) is 0.975. The van der Waals surface area contributed by atoms with Crippen molar-refractivity contribution >= 4 is 15.9 Å². The third-order valence-corrected chi connectivity index (χ3v) is 2.31. The summed E-state index contributed by atoms with van der Waals surface area (Å²) in [6.07, 6.45) is 1.97. The molecule has 0 fully saturated rings. The van der Waals surface area contributed by atoms with E-state index in [4.69, 9.17) is 5.11 Å². The average Bonchev–Trinajstić information content (AvgIpc) is 1.67. The topological polar surface area (TPSA) is 20.2 Å². The highest BCUT2D eigenvalue weighted by molar-refractivity contribution is 9.09. The number of hydrogen-bond donors (Lipinski definition) is 1. The SMILES string of the molecule is CCC[C@@H](Br)[C@H](C)O. The van der Waals surface area contributed by atoms with Crippen molar-refractivity contribution in [2.24, 2.45) is 0 Å². The molecular formula is C6H13BrO. The molecule has 0 aliphatic heterocycles. The van der Waals surface area contributed by atoms with Crippen LogP contribution in [0.5, 0.6) is 0 Å². The summed E-state index contributed by atoms with van der Waals surface area (Å²) in [5.41, 5.74) is 0. The molecular weight excluding hydrogens is 168 g/mol. The van der Waals surface area contributed by atoms with Gasteiger partial charge in [0.2, 0.25) is 0 Å². The molecule has 0 aliphatic carbocycles. The molecule has 2 heteroatoms. The zero-order valence-electron chi connectivity index (χ0n) is 5.39. The van der Waals surface area contributed by atoms with Crippen molar-refractivity contribution in [3.05, 3.63) is 0 Å². The molecule has 0 unspecified atom stereocenters. The molecule has 0 saturated heterocycles. The van der Waals surface area contributed by atoms with E-state index in [1.54, 1.807) is 6.92 Å². The van der Waals surface area contributed by atoms with Crippen LogP contribution < -0.4 is 0 Å². The zero-order chi connectivity index (χ0) is 6.57. The molecule has 0 amide bonds. The molecule has 0 radical (unpaired) electrons. The Morgan fingerprint density at radius 1 is 1.62 bits per heavy atom. The lowest BCUT2D eigenvalue weighted by atomic mass is 10.2. The number of hydrogen-bond acceptors (Lipinski definition) is 1. The second kappa shape index (κ2) is 4.33. The van der Waals surface area contributed by atoms with Gasteiger partial charge in [-0.25, -0.2) is 0 Å². The maximum Gasteiger partial charge on any atom is 0.0637 e. The maximum absolute atomic E-state index is 8.91. The Hall–Kier alpha value is 0.440. The van der Waals surface area contributed by atoms with Crippen LogP contribution in [0.15, 0.2) is 0 Å². The summed E-state index contributed by atoms with van der Waals surface area (Å²) >= 11 is 3.35. The molecule has 0 rings (SSSR count). The zero-order valence-corrected chi connectivity index (χ0v) is 6.98. The van der Waals surface area contributed by atoms with Gasteiger partial charge in [-0.3, -0.25) is 0 Å². The van der Waals surface area contributed by atoms with E-state index in [9.17, 15) is 0 Å². The fraction of sp³-hybridized carbons (Fsp3) is 1.00. The minimum Gasteiger partial charge on any atom is -0.392 e. The Labute approximate surface area is 59.2 Å². The van der Waals surface area contributed by atoms with Crippen LogP contribution in [0.2, 0.25) is 0 Å². The molecule has 0 spiro atoms. The lowest BCUT2D eigenvalue weighted by molar-refractivity contribution is 0.189. The number of halogens is 1. The number of rotatable bonds is 3. The molecule has 0 aromatic rings. The summed E-state index contributed by atoms with van der Waals surface area (Å²) in [4.78, 5) is 0.285. The number of alkyl halides is 1. The number of aliphatic hydroxyl groups is 1. The van der Waals surface area contributed by atoms with E-state index in [2.05, 4.69) is 22.9 Å². The van der Waals surface area contributed by atoms with Gasteiger partial charge in [0.15, 0.2) is 0 Å². The van der Waals surface area contributed by atoms with Gasteiger partial charge in [0, 0.05) is 4.83 Å². The van der Waals surface area contributed by atoms with Crippen LogP contribution in [0, 0.1) is 0 Å². The molecule has 0 aromatic carbocycles. The minimum absolute atomic E-state index is 0.213. The van der Waals surface area contributed by atoms with Gasteiger partial charge in [0.25, 0.3) is 0 Å². The van der Waals surface area contributed by atoms with E-state index >= 15 is 0 Å². The van der Waals surface area contributed by atoms with Gasteiger partial charge in [-0.1, -0.05) is 29.3 Å². The quantitative estimate of drug-likeness (QED) is 0.659. The van der Waals surface area contributed by atoms with Crippen LogP contribution in [0.4, 0.5) is 0 Å². The van der Waals surface area contributed by atoms with Crippen molar-refractivity contribution in [3.8, 4) is 0 Å². The number of aliphatic hydroxyl groups excluding tert-OH is 1. The Morgan fingerprint density at radius 2 is 2.12 bits per heavy atom. The maximum atomic E-state index is 8.91. The fourth-order valence-electron chi connectivity index (χ4n) is 0.517. The molecule has 50 valence electrons. The van der Waals surface area contributed by atoms with Crippen LogP contribution in [0.1, 0.15) is 26.7 Å². The third-order valence-electron chi connectivity index (χ3n) is 1.09. The predicted molar refractivity (Wildman–Crippen MR) is 39.3 cm³/mol. The van der Waals surface area contributed by atoms with E-state index in [1.807, 2.05) is 0 Å². The summed E-state index contributed by atoms with van der Waals surface area (Å²) < 4.78 is 0. The van der Waals surface area contributed by atoms with Crippen molar-refractivity contribution in [1.82, 2.24) is 0 Å². The highest BCUT2D eigenvalue weighted by atomic mass is 79.9. The third kappa shape index (κ3) is 3.44. The lowest BCUT2D eigenvalue weighted by Gasteiger charge is -2.09. The van der Waals surface area contributed by atoms with Crippen molar-refractivity contribution in [3.63, 3.8) is 0 Å². The molecule has 1 N–H and O–H groups in total. The highest BCUT2D eigenvalue weighted by Crippen LogP contribution is 2.11. The largest absolute Gasteiger partial charge is 0.392 e. The standard InChI is InChI=1S/C6H13BrO/c1-3-4-6(7)5(2)8/h5-6,8H,3-4H2,1-2H3/t5-,6+/m0/s1. The van der Waals surface area contributed by atoms with Gasteiger partial charge >= 0.3 is 0 Å². The summed E-state index contributed by atoms with van der Waals surface area (Å²) in [5.74, 6) is 0. The molecule has 0 aliphatic rings. The van der Waals surface area contributed by atoms with Crippen LogP contribution in [-0.2, 0) is 0 Å². The average molecular weight is 181 g/mol. The summed E-state index contributed by atoms with van der Waals surface area (Å²) in [7, 11) is 0. The van der Waals surface area contributed by atoms with Crippen molar-refractivity contribution in [2.45, 2.75) is 37.6 Å². The van der Waals surface area contributed by atoms with Gasteiger partial charge in [0.1, 0.15) is 0 Å². The Balaban J connectivity index is 3.17. The smallest absolute Gasteiger partial charge is 0.0637 e. The summed E-state index contributed by atoms with van der Waals surface area (Å²) in [6, 6.07) is 0. The van der Waals surface area contributed by atoms with E-state index in [1.165, 1.54) is 0 Å². The first-order valence-electron chi connectivity index (χ1n) is 3.00. The van der Waals surface area contributed by atoms with Gasteiger partial charge < -0.3 is 5.11 Å². The normalized spacial score (nSPS) is 18.0. The van der Waals surface area contributed by atoms with Gasteiger partial charge in [-0.05, 0) is 13.3 Å². The van der Waals surface area contributed by atoms with Crippen LogP contribution in [0.3, 0.4) is 0 Å². The van der Waals surface area contributed by atoms with Gasteiger partial charge in [-0.2, -0.15) is 0 Å². The van der Waals surface area contributed by atoms with Gasteiger partial charge in [-0.15, -0.1) is 0 Å². The first-order chi connectivity index (χ1) is 3.68. The van der Waals surface area contributed by atoms with Crippen molar-refractivity contribution < 1.29 is 5.11 Å². The van der Waals surface area contributed by atoms with Crippen molar-refractivity contribution in [1.29, 1.82) is 0 Å². The Morgan fingerprint density at radius 3 is 2.25 bits per heavy atom. The molecule has 1 nitrogen and oxygen atoms in total. The minimum atomic E-state index is -0.213. The molecule has 2 atom stereocenters. The predicted octanol–water partition coefficient (Wildman–Crippen LogP) is 1.93. The first-order valence-corrected chi connectivity index (χ1v) is 3.92. The van der Waals surface area contributed by atoms with Crippen LogP contribution in [0.25, 0.3) is 0 Å². The highest BCUT2D eigenvalue weighted by Gasteiger charge is 2.07. The second-order valence-electron chi connectivity index (χ2n) is 2.05. The summed E-state index contributed by atoms with van der Waals surface area (Å²) in [5, 5.41) is 8.91. The monoisotopic (exact) mass is 180 g/mol. The second-order valence-corrected chi connectivity index (χ2v) is 3.22. The van der Waals surface area contributed by atoms with Crippen molar-refractivity contribution in [2.75, 3.05) is 0 Å². The van der Waals surface area contributed by atoms with E-state index in [0.29, 0.717) is 0 Å². The Kier molecular flexibility index (Phi) is 4.57. The van der Waals surface area contributed by atoms with E-state index < -0.39 is 0 Å². The Bertz CT molecular complexity index is 54.5. The van der Waals surface area contributed by atoms with Gasteiger partial charge in [0.05, 0.1) is 6.10 Å². The first kappa shape index (κ1) is 8.44. The molecule has 0 bridgehead atoms. The molecule has 0 aromatic heterocycles. The van der Waals surface area contributed by atoms with Crippen LogP contribution >= 0.6 is 15.9 Å². The molecule has 8 heavy (non-hydrogen) atoms. The lowest BCUT2D eigenvalue weighted by Crippen LogP contribution is -2.14. The van der Waals surface area contributed by atoms with E-state index in [0.717, 1.165) is 12.8 Å². The molecule has 0 saturated carbocycles. The molecule has 0 heterocycles. The van der Waals surface area contributed by atoms with E-state index in [-0.39, 0.29) is 10.9 Å².